The molecule has 0 saturated heterocycles. The van der Waals surface area contributed by atoms with Gasteiger partial charge in [0.15, 0.2) is 5.78 Å². The first-order valence-corrected chi connectivity index (χ1v) is 7.74. The lowest BCUT2D eigenvalue weighted by molar-refractivity contribution is 0.103. The van der Waals surface area contributed by atoms with Crippen LogP contribution >= 0.6 is 33.9 Å². The minimum atomic E-state index is 0.0996. The number of ether oxygens (including phenoxy) is 1. The number of ketones is 1. The van der Waals surface area contributed by atoms with Crippen LogP contribution in [0.2, 0.25) is 0 Å². The molecule has 0 spiro atoms. The summed E-state index contributed by atoms with van der Waals surface area (Å²) in [7, 11) is 0. The van der Waals surface area contributed by atoms with E-state index in [0.717, 1.165) is 44.8 Å². The lowest BCUT2D eigenvalue weighted by Crippen LogP contribution is -2.10. The summed E-state index contributed by atoms with van der Waals surface area (Å²) < 4.78 is 6.69. The van der Waals surface area contributed by atoms with Crippen molar-refractivity contribution in [1.82, 2.24) is 0 Å². The van der Waals surface area contributed by atoms with Gasteiger partial charge in [-0.1, -0.05) is 0 Å². The highest BCUT2D eigenvalue weighted by atomic mass is 127. The molecule has 1 aliphatic rings. The van der Waals surface area contributed by atoms with E-state index in [1.807, 2.05) is 29.6 Å². The quantitative estimate of drug-likeness (QED) is 0.592. The monoisotopic (exact) mass is 370 g/mol. The Bertz CT molecular complexity index is 604. The van der Waals surface area contributed by atoms with Gasteiger partial charge in [-0.3, -0.25) is 4.79 Å². The molecule has 0 radical (unpaired) electrons. The normalized spacial score (nSPS) is 13.8. The van der Waals surface area contributed by atoms with Crippen molar-refractivity contribution in [3.8, 4) is 5.75 Å². The van der Waals surface area contributed by atoms with Crippen LogP contribution in [0.1, 0.15) is 27.9 Å². The molecule has 0 unspecified atom stereocenters. The second-order valence-corrected chi connectivity index (χ2v) is 7.05. The first-order valence-electron chi connectivity index (χ1n) is 5.78. The molecular weight excluding hydrogens is 359 g/mol. The fraction of sp³-hybridized carbons (Fsp3) is 0.214. The number of fused-ring (bicyclic) bond motifs is 1. The van der Waals surface area contributed by atoms with Crippen molar-refractivity contribution in [3.05, 3.63) is 49.2 Å². The van der Waals surface area contributed by atoms with Crippen LogP contribution in [0.3, 0.4) is 0 Å². The van der Waals surface area contributed by atoms with Crippen molar-refractivity contribution in [2.24, 2.45) is 0 Å². The molecule has 2 nitrogen and oxygen atoms in total. The minimum absolute atomic E-state index is 0.0996. The molecule has 3 rings (SSSR count). The van der Waals surface area contributed by atoms with Crippen molar-refractivity contribution in [3.63, 3.8) is 0 Å². The number of thiophene rings is 1. The first kappa shape index (κ1) is 12.2. The van der Waals surface area contributed by atoms with Crippen LogP contribution in [0.15, 0.2) is 29.6 Å². The van der Waals surface area contributed by atoms with E-state index in [1.54, 1.807) is 11.3 Å². The van der Waals surface area contributed by atoms with E-state index in [1.165, 1.54) is 0 Å². The van der Waals surface area contributed by atoms with Crippen LogP contribution in [0.5, 0.6) is 5.75 Å². The Morgan fingerprint density at radius 1 is 1.28 bits per heavy atom. The molecule has 0 fully saturated rings. The van der Waals surface area contributed by atoms with Gasteiger partial charge in [0.05, 0.1) is 9.49 Å². The molecule has 0 atom stereocenters. The second-order valence-electron chi connectivity index (χ2n) is 4.24. The Kier molecular flexibility index (Phi) is 3.39. The van der Waals surface area contributed by atoms with Gasteiger partial charge >= 0.3 is 0 Å². The summed E-state index contributed by atoms with van der Waals surface area (Å²) in [6, 6.07) is 7.68. The van der Waals surface area contributed by atoms with Crippen LogP contribution in [-0.2, 0) is 6.42 Å². The highest BCUT2D eigenvalue weighted by Gasteiger charge is 2.15. The van der Waals surface area contributed by atoms with Crippen LogP contribution in [-0.4, -0.2) is 12.4 Å². The Morgan fingerprint density at radius 3 is 2.94 bits per heavy atom. The lowest BCUT2D eigenvalue weighted by atomic mass is 9.99. The molecule has 0 N–H and O–H groups in total. The van der Waals surface area contributed by atoms with E-state index in [-0.39, 0.29) is 5.78 Å². The molecule has 0 amide bonds. The molecule has 4 heteroatoms. The maximum Gasteiger partial charge on any atom is 0.193 e. The zero-order valence-electron chi connectivity index (χ0n) is 9.61. The maximum atomic E-state index is 12.3. The van der Waals surface area contributed by atoms with E-state index >= 15 is 0 Å². The topological polar surface area (TPSA) is 26.3 Å². The Morgan fingerprint density at radius 2 is 2.17 bits per heavy atom. The van der Waals surface area contributed by atoms with Crippen molar-refractivity contribution in [2.45, 2.75) is 12.8 Å². The third kappa shape index (κ3) is 2.31. The van der Waals surface area contributed by atoms with Crippen molar-refractivity contribution in [2.75, 3.05) is 6.61 Å². The molecule has 92 valence electrons. The SMILES string of the molecule is O=C(c1csc(I)c1)c1ccc2c(c1)CCCO2. The summed E-state index contributed by atoms with van der Waals surface area (Å²) >= 11 is 3.83. The number of benzene rings is 1. The number of rotatable bonds is 2. The Hall–Kier alpha value is -0.880. The van der Waals surface area contributed by atoms with Gasteiger partial charge in [-0.25, -0.2) is 0 Å². The summed E-state index contributed by atoms with van der Waals surface area (Å²) in [5, 5.41) is 1.92. The molecule has 1 aliphatic heterocycles. The highest BCUT2D eigenvalue weighted by Crippen LogP contribution is 2.27. The standard InChI is InChI=1S/C14H11IO2S/c15-13-7-11(8-18-13)14(16)10-3-4-12-9(6-10)2-1-5-17-12/h3-4,6-8H,1-2,5H2. The third-order valence-electron chi connectivity index (χ3n) is 3.00. The van der Waals surface area contributed by atoms with Gasteiger partial charge in [0.25, 0.3) is 0 Å². The summed E-state index contributed by atoms with van der Waals surface area (Å²) in [6.45, 7) is 0.781. The summed E-state index contributed by atoms with van der Waals surface area (Å²) in [5.74, 6) is 1.03. The van der Waals surface area contributed by atoms with Crippen LogP contribution in [0.25, 0.3) is 0 Å². The number of halogens is 1. The Balaban J connectivity index is 1.95. The zero-order valence-corrected chi connectivity index (χ0v) is 12.6. The minimum Gasteiger partial charge on any atom is -0.493 e. The predicted molar refractivity (Wildman–Crippen MR) is 80.7 cm³/mol. The molecule has 18 heavy (non-hydrogen) atoms. The number of carbonyl (C=O) groups is 1. The smallest absolute Gasteiger partial charge is 0.193 e. The molecule has 0 aliphatic carbocycles. The summed E-state index contributed by atoms with van der Waals surface area (Å²) in [6.07, 6.45) is 2.03. The molecule has 1 aromatic heterocycles. The molecule has 0 bridgehead atoms. The van der Waals surface area contributed by atoms with E-state index in [4.69, 9.17) is 4.74 Å². The molecule has 0 saturated carbocycles. The van der Waals surface area contributed by atoms with Crippen LogP contribution in [0, 0.1) is 2.88 Å². The number of carbonyl (C=O) groups excluding carboxylic acids is 1. The molecular formula is C14H11IO2S. The highest BCUT2D eigenvalue weighted by molar-refractivity contribution is 14.1. The molecule has 1 aromatic carbocycles. The maximum absolute atomic E-state index is 12.3. The van der Waals surface area contributed by atoms with Crippen molar-refractivity contribution >= 4 is 39.7 Å². The van der Waals surface area contributed by atoms with Crippen molar-refractivity contribution < 1.29 is 9.53 Å². The van der Waals surface area contributed by atoms with Gasteiger partial charge in [-0.2, -0.15) is 0 Å². The van der Waals surface area contributed by atoms with Crippen LogP contribution < -0.4 is 4.74 Å². The van der Waals surface area contributed by atoms with Gasteiger partial charge in [0, 0.05) is 16.5 Å². The fourth-order valence-electron chi connectivity index (χ4n) is 2.10. The zero-order chi connectivity index (χ0) is 12.5. The van der Waals surface area contributed by atoms with Crippen molar-refractivity contribution in [1.29, 1.82) is 0 Å². The average Bonchev–Trinajstić information content (AvgIpc) is 2.84. The summed E-state index contributed by atoms with van der Waals surface area (Å²) in [4.78, 5) is 12.3. The first-order chi connectivity index (χ1) is 8.74. The van der Waals surface area contributed by atoms with E-state index in [0.29, 0.717) is 0 Å². The predicted octanol–water partition coefficient (Wildman–Crippen LogP) is 3.91. The van der Waals surface area contributed by atoms with Crippen LogP contribution in [0.4, 0.5) is 0 Å². The summed E-state index contributed by atoms with van der Waals surface area (Å²) in [5.41, 5.74) is 2.69. The van der Waals surface area contributed by atoms with Gasteiger partial charge < -0.3 is 4.74 Å². The van der Waals surface area contributed by atoms with E-state index in [9.17, 15) is 4.79 Å². The lowest BCUT2D eigenvalue weighted by Gasteiger charge is -2.17. The Labute approximate surface area is 123 Å². The largest absolute Gasteiger partial charge is 0.493 e. The van der Waals surface area contributed by atoms with E-state index < -0.39 is 0 Å². The third-order valence-corrected chi connectivity index (χ3v) is 4.79. The van der Waals surface area contributed by atoms with Gasteiger partial charge in [0.2, 0.25) is 0 Å². The molecule has 2 aromatic rings. The van der Waals surface area contributed by atoms with E-state index in [2.05, 4.69) is 22.6 Å². The molecule has 2 heterocycles. The second kappa shape index (κ2) is 5.01. The van der Waals surface area contributed by atoms with Gasteiger partial charge in [-0.15, -0.1) is 11.3 Å². The average molecular weight is 370 g/mol. The number of hydrogen-bond acceptors (Lipinski definition) is 3. The number of hydrogen-bond donors (Lipinski definition) is 0. The fourth-order valence-corrected chi connectivity index (χ4v) is 3.42. The van der Waals surface area contributed by atoms with Gasteiger partial charge in [-0.05, 0) is 65.3 Å². The number of aryl methyl sites for hydroxylation is 1. The van der Waals surface area contributed by atoms with Gasteiger partial charge in [0.1, 0.15) is 5.75 Å².